The third kappa shape index (κ3) is 5.03. The molecule has 0 aliphatic rings. The first-order chi connectivity index (χ1) is 5.70. The van der Waals surface area contributed by atoms with Crippen molar-refractivity contribution in [2.75, 3.05) is 0 Å². The molecule has 0 saturated heterocycles. The molecule has 0 bridgehead atoms. The van der Waals surface area contributed by atoms with E-state index in [2.05, 4.69) is 0 Å². The number of hydrogen-bond donors (Lipinski definition) is 1. The third-order valence-electron chi connectivity index (χ3n) is 1.33. The summed E-state index contributed by atoms with van der Waals surface area (Å²) in [5.74, 6) is 0.112. The van der Waals surface area contributed by atoms with Crippen LogP contribution in [0.15, 0.2) is 30.3 Å². The van der Waals surface area contributed by atoms with Crippen molar-refractivity contribution in [2.24, 2.45) is 5.73 Å². The van der Waals surface area contributed by atoms with Crippen molar-refractivity contribution in [3.63, 3.8) is 0 Å². The van der Waals surface area contributed by atoms with Crippen LogP contribution in [0.2, 0.25) is 0 Å². The summed E-state index contributed by atoms with van der Waals surface area (Å²) in [6.45, 7) is 1.59. The number of carbonyl (C=O) groups excluding carboxylic acids is 1. The molecule has 0 aliphatic carbocycles. The van der Waals surface area contributed by atoms with Gasteiger partial charge in [0.1, 0.15) is 11.8 Å². The number of benzene rings is 1. The summed E-state index contributed by atoms with van der Waals surface area (Å²) in [4.78, 5) is 11.0. The first-order valence-corrected chi connectivity index (χ1v) is 3.72. The number of ether oxygens (including phenoxy) is 1. The second-order valence-corrected chi connectivity index (χ2v) is 2.52. The maximum atomic E-state index is 11.0. The monoisotopic (exact) mass is 251 g/mol. The van der Waals surface area contributed by atoms with E-state index in [0.717, 1.165) is 0 Å². The molecule has 0 amide bonds. The van der Waals surface area contributed by atoms with Gasteiger partial charge in [-0.25, -0.2) is 4.79 Å². The van der Waals surface area contributed by atoms with Crippen LogP contribution < -0.4 is 10.5 Å². The maximum absolute atomic E-state index is 11.0. The summed E-state index contributed by atoms with van der Waals surface area (Å²) in [7, 11) is 0. The number of nitrogens with two attached hydrogens (primary N) is 1. The van der Waals surface area contributed by atoms with Crippen LogP contribution in [-0.2, 0) is 4.79 Å². The van der Waals surface area contributed by atoms with Gasteiger partial charge >= 0.3 is 64.2 Å². The van der Waals surface area contributed by atoms with E-state index in [1.54, 1.807) is 31.2 Å². The molecule has 66 valence electrons. The van der Waals surface area contributed by atoms with E-state index in [1.165, 1.54) is 0 Å². The zero-order chi connectivity index (χ0) is 8.97. The molecule has 2 N–H and O–H groups in total. The van der Waals surface area contributed by atoms with Gasteiger partial charge in [0.25, 0.3) is 0 Å². The Hall–Kier alpha value is 0.455. The average Bonchev–Trinajstić information content (AvgIpc) is 2.06. The van der Waals surface area contributed by atoms with Crippen LogP contribution in [0.4, 0.5) is 0 Å². The average molecular weight is 252 g/mol. The number of esters is 1. The van der Waals surface area contributed by atoms with Crippen molar-refractivity contribution < 1.29 is 9.53 Å². The topological polar surface area (TPSA) is 52.3 Å². The standard InChI is InChI=1S/C9H11NO2.Rb.H/c1-7(10)9(11)12-8-5-3-2-4-6-8;;/h2-7H,10H2,1H3;;/t7-;;/m0../s1. The van der Waals surface area contributed by atoms with Gasteiger partial charge in [-0.2, -0.15) is 0 Å². The molecule has 0 radical (unpaired) electrons. The number of hydrogen-bond acceptors (Lipinski definition) is 3. The second kappa shape index (κ2) is 6.84. The van der Waals surface area contributed by atoms with Crippen LogP contribution in [0.1, 0.15) is 6.92 Å². The number of carbonyl (C=O) groups is 1. The summed E-state index contributed by atoms with van der Waals surface area (Å²) >= 11 is 0. The molecule has 1 atom stereocenters. The van der Waals surface area contributed by atoms with Gasteiger partial charge in [0.05, 0.1) is 0 Å². The van der Waals surface area contributed by atoms with Crippen LogP contribution >= 0.6 is 0 Å². The van der Waals surface area contributed by atoms with Gasteiger partial charge in [-0.3, -0.25) is 0 Å². The first kappa shape index (κ1) is 13.5. The summed E-state index contributed by atoms with van der Waals surface area (Å²) < 4.78 is 4.91. The Morgan fingerprint density at radius 3 is 2.38 bits per heavy atom. The SMILES string of the molecule is C[C@H](N)C(=O)Oc1ccccc1.[RbH]. The predicted octanol–water partition coefficient (Wildman–Crippen LogP) is 0.291. The fourth-order valence-electron chi connectivity index (χ4n) is 0.698. The van der Waals surface area contributed by atoms with E-state index in [-0.39, 0.29) is 58.2 Å². The van der Waals surface area contributed by atoms with Gasteiger partial charge in [0, 0.05) is 0 Å². The van der Waals surface area contributed by atoms with E-state index in [1.807, 2.05) is 6.07 Å². The van der Waals surface area contributed by atoms with Gasteiger partial charge in [0.15, 0.2) is 0 Å². The molecule has 0 heterocycles. The van der Waals surface area contributed by atoms with Gasteiger partial charge in [-0.1, -0.05) is 18.2 Å². The number of rotatable bonds is 2. The molecule has 0 fully saturated rings. The van der Waals surface area contributed by atoms with Crippen molar-refractivity contribution in [3.8, 4) is 5.75 Å². The van der Waals surface area contributed by atoms with Crippen LogP contribution in [0.5, 0.6) is 5.75 Å². The molecular weight excluding hydrogens is 240 g/mol. The van der Waals surface area contributed by atoms with Crippen molar-refractivity contribution in [1.29, 1.82) is 0 Å². The molecule has 0 aromatic heterocycles. The van der Waals surface area contributed by atoms with Crippen molar-refractivity contribution in [3.05, 3.63) is 30.3 Å². The number of para-hydroxylation sites is 1. The van der Waals surface area contributed by atoms with E-state index in [0.29, 0.717) is 5.75 Å². The van der Waals surface area contributed by atoms with Crippen LogP contribution in [-0.4, -0.2) is 70.2 Å². The minimum absolute atomic E-state index is 0. The fraction of sp³-hybridized carbons (Fsp3) is 0.222. The van der Waals surface area contributed by atoms with Gasteiger partial charge in [-0.05, 0) is 19.1 Å². The molecule has 13 heavy (non-hydrogen) atoms. The molecule has 0 unspecified atom stereocenters. The van der Waals surface area contributed by atoms with Crippen molar-refractivity contribution >= 4 is 64.2 Å². The summed E-state index contributed by atoms with van der Waals surface area (Å²) in [6.07, 6.45) is 0. The Kier molecular flexibility index (Phi) is 7.08. The predicted molar refractivity (Wildman–Crippen MR) is 52.9 cm³/mol. The van der Waals surface area contributed by atoms with E-state index in [4.69, 9.17) is 10.5 Å². The van der Waals surface area contributed by atoms with Crippen molar-refractivity contribution in [1.82, 2.24) is 0 Å². The van der Waals surface area contributed by atoms with Gasteiger partial charge in [-0.15, -0.1) is 0 Å². The molecular formula is C9H12NO2Rb. The van der Waals surface area contributed by atoms with Crippen LogP contribution in [0, 0.1) is 0 Å². The Bertz CT molecular complexity index is 262. The normalized spacial score (nSPS) is 11.2. The van der Waals surface area contributed by atoms with E-state index in [9.17, 15) is 4.79 Å². The van der Waals surface area contributed by atoms with E-state index < -0.39 is 12.0 Å². The molecule has 1 aromatic carbocycles. The molecule has 0 spiro atoms. The van der Waals surface area contributed by atoms with E-state index >= 15 is 0 Å². The summed E-state index contributed by atoms with van der Waals surface area (Å²) in [5.41, 5.74) is 5.31. The zero-order valence-electron chi connectivity index (χ0n) is 6.86. The van der Waals surface area contributed by atoms with Crippen LogP contribution in [0.25, 0.3) is 0 Å². The zero-order valence-corrected chi connectivity index (χ0v) is 6.86. The third-order valence-corrected chi connectivity index (χ3v) is 1.33. The summed E-state index contributed by atoms with van der Waals surface area (Å²) in [6, 6.07) is 8.28. The first-order valence-electron chi connectivity index (χ1n) is 3.72. The summed E-state index contributed by atoms with van der Waals surface area (Å²) in [5, 5.41) is 0. The molecule has 3 nitrogen and oxygen atoms in total. The van der Waals surface area contributed by atoms with Gasteiger partial charge in [0.2, 0.25) is 0 Å². The quantitative estimate of drug-likeness (QED) is 0.607. The minimum atomic E-state index is -0.579. The van der Waals surface area contributed by atoms with Gasteiger partial charge < -0.3 is 10.5 Å². The van der Waals surface area contributed by atoms with Crippen LogP contribution in [0.3, 0.4) is 0 Å². The Balaban J connectivity index is 0.00000144. The molecule has 0 aliphatic heterocycles. The molecule has 4 heteroatoms. The molecule has 1 aromatic rings. The second-order valence-electron chi connectivity index (χ2n) is 2.52. The molecule has 1 rings (SSSR count). The van der Waals surface area contributed by atoms with Crippen molar-refractivity contribution in [2.45, 2.75) is 13.0 Å². The molecule has 0 saturated carbocycles. The fourth-order valence-corrected chi connectivity index (χ4v) is 0.698. The Morgan fingerprint density at radius 2 is 1.92 bits per heavy atom. The Labute approximate surface area is 126 Å². The Morgan fingerprint density at radius 1 is 1.38 bits per heavy atom.